The van der Waals surface area contributed by atoms with Crippen molar-refractivity contribution in [3.8, 4) is 17.2 Å². The van der Waals surface area contributed by atoms with Gasteiger partial charge in [0.2, 0.25) is 0 Å². The summed E-state index contributed by atoms with van der Waals surface area (Å²) in [7, 11) is 3.48. The third kappa shape index (κ3) is 6.74. The van der Waals surface area contributed by atoms with Crippen molar-refractivity contribution in [2.24, 2.45) is 4.99 Å². The standard InChI is InChI=1S/C24H32N4O2.HI/c1-25-24(27-19-13-15-28(16-14-19)20-9-10-20)26-17-18-7-11-21(12-8-18)30-23-6-4-3-5-22(23)29-2;/h3-8,11-12,19-20H,9-10,13-17H2,1-2H3,(H2,25,26,27);1H. The number of nitrogens with zero attached hydrogens (tertiary/aromatic N) is 2. The topological polar surface area (TPSA) is 58.1 Å². The van der Waals surface area contributed by atoms with Crippen molar-refractivity contribution in [2.75, 3.05) is 27.2 Å². The molecule has 1 aliphatic heterocycles. The Morgan fingerprint density at radius 3 is 2.29 bits per heavy atom. The first-order valence-corrected chi connectivity index (χ1v) is 10.9. The van der Waals surface area contributed by atoms with Crippen LogP contribution in [0.25, 0.3) is 0 Å². The van der Waals surface area contributed by atoms with Crippen LogP contribution in [-0.2, 0) is 6.54 Å². The molecule has 0 aromatic heterocycles. The average Bonchev–Trinajstić information content (AvgIpc) is 3.64. The Hall–Kier alpha value is -2.00. The van der Waals surface area contributed by atoms with E-state index < -0.39 is 0 Å². The molecule has 1 aliphatic carbocycles. The fraction of sp³-hybridized carbons (Fsp3) is 0.458. The Morgan fingerprint density at radius 2 is 1.68 bits per heavy atom. The molecule has 1 saturated heterocycles. The Morgan fingerprint density at radius 1 is 1.00 bits per heavy atom. The fourth-order valence-electron chi connectivity index (χ4n) is 3.93. The van der Waals surface area contributed by atoms with Gasteiger partial charge < -0.3 is 25.0 Å². The van der Waals surface area contributed by atoms with Gasteiger partial charge in [-0.3, -0.25) is 4.99 Å². The van der Waals surface area contributed by atoms with Gasteiger partial charge in [0.05, 0.1) is 7.11 Å². The van der Waals surface area contributed by atoms with Crippen LogP contribution in [0.1, 0.15) is 31.2 Å². The molecule has 2 aromatic carbocycles. The number of hydrogen-bond donors (Lipinski definition) is 2. The predicted octanol–water partition coefficient (Wildman–Crippen LogP) is 4.40. The molecule has 0 radical (unpaired) electrons. The quantitative estimate of drug-likeness (QED) is 0.312. The van der Waals surface area contributed by atoms with Gasteiger partial charge >= 0.3 is 0 Å². The van der Waals surface area contributed by atoms with E-state index >= 15 is 0 Å². The van der Waals surface area contributed by atoms with E-state index in [0.29, 0.717) is 11.8 Å². The number of rotatable bonds is 7. The number of likely N-dealkylation sites (tertiary alicyclic amines) is 1. The number of nitrogens with one attached hydrogen (secondary N) is 2. The molecule has 2 aromatic rings. The number of ether oxygens (including phenoxy) is 2. The highest BCUT2D eigenvalue weighted by Gasteiger charge is 2.31. The van der Waals surface area contributed by atoms with Gasteiger partial charge in [-0.1, -0.05) is 24.3 Å². The molecule has 0 unspecified atom stereocenters. The minimum absolute atomic E-state index is 0. The molecule has 7 heteroatoms. The van der Waals surface area contributed by atoms with Crippen LogP contribution in [0, 0.1) is 0 Å². The number of hydrogen-bond acceptors (Lipinski definition) is 4. The number of para-hydroxylation sites is 2. The minimum atomic E-state index is 0. The van der Waals surface area contributed by atoms with Gasteiger partial charge in [0.25, 0.3) is 0 Å². The van der Waals surface area contributed by atoms with E-state index in [0.717, 1.165) is 30.0 Å². The SMILES string of the molecule is CN=C(NCc1ccc(Oc2ccccc2OC)cc1)NC1CCN(C2CC2)CC1.I. The number of aliphatic imine (C=N–C) groups is 1. The third-order valence-electron chi connectivity index (χ3n) is 5.84. The maximum atomic E-state index is 5.95. The van der Waals surface area contributed by atoms with E-state index in [1.54, 1.807) is 7.11 Å². The van der Waals surface area contributed by atoms with Gasteiger partial charge in [-0.25, -0.2) is 0 Å². The van der Waals surface area contributed by atoms with E-state index in [9.17, 15) is 0 Å². The normalized spacial score (nSPS) is 17.5. The van der Waals surface area contributed by atoms with E-state index in [1.807, 2.05) is 43.4 Å². The first-order valence-electron chi connectivity index (χ1n) is 10.9. The third-order valence-corrected chi connectivity index (χ3v) is 5.84. The zero-order valence-corrected chi connectivity index (χ0v) is 20.7. The molecule has 1 saturated carbocycles. The van der Waals surface area contributed by atoms with Crippen LogP contribution in [-0.4, -0.2) is 50.2 Å². The molecule has 2 aliphatic rings. The molecule has 168 valence electrons. The van der Waals surface area contributed by atoms with E-state index in [1.165, 1.54) is 44.3 Å². The monoisotopic (exact) mass is 536 g/mol. The van der Waals surface area contributed by atoms with Gasteiger partial charge in [-0.05, 0) is 55.5 Å². The summed E-state index contributed by atoms with van der Waals surface area (Å²) in [6, 6.07) is 17.1. The Labute approximate surface area is 202 Å². The second kappa shape index (κ2) is 11.6. The highest BCUT2D eigenvalue weighted by molar-refractivity contribution is 14.0. The first-order chi connectivity index (χ1) is 14.7. The molecule has 2 N–H and O–H groups in total. The lowest BCUT2D eigenvalue weighted by Gasteiger charge is -2.33. The Balaban J connectivity index is 0.00000272. The lowest BCUT2D eigenvalue weighted by atomic mass is 10.1. The van der Waals surface area contributed by atoms with Crippen molar-refractivity contribution in [3.05, 3.63) is 54.1 Å². The van der Waals surface area contributed by atoms with E-state index in [4.69, 9.17) is 9.47 Å². The molecule has 0 spiro atoms. The summed E-state index contributed by atoms with van der Waals surface area (Å²) in [4.78, 5) is 7.04. The van der Waals surface area contributed by atoms with Crippen LogP contribution in [0.3, 0.4) is 0 Å². The molecular weight excluding hydrogens is 503 g/mol. The van der Waals surface area contributed by atoms with Crippen LogP contribution in [0.5, 0.6) is 17.2 Å². The van der Waals surface area contributed by atoms with Crippen molar-refractivity contribution in [1.82, 2.24) is 15.5 Å². The van der Waals surface area contributed by atoms with Crippen molar-refractivity contribution in [1.29, 1.82) is 0 Å². The summed E-state index contributed by atoms with van der Waals surface area (Å²) in [5.74, 6) is 3.09. The zero-order valence-electron chi connectivity index (χ0n) is 18.3. The molecule has 31 heavy (non-hydrogen) atoms. The number of guanidine groups is 1. The molecular formula is C24H33IN4O2. The lowest BCUT2D eigenvalue weighted by Crippen LogP contribution is -2.48. The number of halogens is 1. The van der Waals surface area contributed by atoms with Crippen LogP contribution in [0.15, 0.2) is 53.5 Å². The van der Waals surface area contributed by atoms with Crippen molar-refractivity contribution >= 4 is 29.9 Å². The summed E-state index contributed by atoms with van der Waals surface area (Å²) in [5, 5.41) is 7.02. The molecule has 0 bridgehead atoms. The molecule has 4 rings (SSSR count). The number of methoxy groups -OCH3 is 1. The smallest absolute Gasteiger partial charge is 0.191 e. The summed E-state index contributed by atoms with van der Waals surface area (Å²) in [5.41, 5.74) is 1.17. The first kappa shape index (κ1) is 23.7. The minimum Gasteiger partial charge on any atom is -0.493 e. The van der Waals surface area contributed by atoms with Crippen molar-refractivity contribution < 1.29 is 9.47 Å². The van der Waals surface area contributed by atoms with Gasteiger partial charge in [0.1, 0.15) is 5.75 Å². The summed E-state index contributed by atoms with van der Waals surface area (Å²) in [6.45, 7) is 3.12. The van der Waals surface area contributed by atoms with Gasteiger partial charge in [-0.2, -0.15) is 0 Å². The second-order valence-electron chi connectivity index (χ2n) is 8.01. The van der Waals surface area contributed by atoms with Crippen molar-refractivity contribution in [2.45, 2.75) is 44.3 Å². The van der Waals surface area contributed by atoms with E-state index in [2.05, 4.69) is 32.7 Å². The molecule has 0 atom stereocenters. The summed E-state index contributed by atoms with van der Waals surface area (Å²) < 4.78 is 11.3. The van der Waals surface area contributed by atoms with Crippen LogP contribution >= 0.6 is 24.0 Å². The zero-order chi connectivity index (χ0) is 20.8. The maximum absolute atomic E-state index is 5.95. The Bertz CT molecular complexity index is 847. The van der Waals surface area contributed by atoms with E-state index in [-0.39, 0.29) is 24.0 Å². The lowest BCUT2D eigenvalue weighted by molar-refractivity contribution is 0.197. The number of piperidine rings is 1. The number of benzene rings is 2. The van der Waals surface area contributed by atoms with Crippen molar-refractivity contribution in [3.63, 3.8) is 0 Å². The molecule has 1 heterocycles. The molecule has 2 fully saturated rings. The predicted molar refractivity (Wildman–Crippen MR) is 136 cm³/mol. The van der Waals surface area contributed by atoms with Gasteiger partial charge in [0.15, 0.2) is 17.5 Å². The Kier molecular flexibility index (Phi) is 8.83. The van der Waals surface area contributed by atoms with Crippen LogP contribution in [0.2, 0.25) is 0 Å². The van der Waals surface area contributed by atoms with Gasteiger partial charge in [0, 0.05) is 38.8 Å². The van der Waals surface area contributed by atoms with Crippen LogP contribution < -0.4 is 20.1 Å². The van der Waals surface area contributed by atoms with Crippen LogP contribution in [0.4, 0.5) is 0 Å². The molecule has 6 nitrogen and oxygen atoms in total. The summed E-state index contributed by atoms with van der Waals surface area (Å²) >= 11 is 0. The summed E-state index contributed by atoms with van der Waals surface area (Å²) in [6.07, 6.45) is 5.16. The molecule has 0 amide bonds. The highest BCUT2D eigenvalue weighted by atomic mass is 127. The largest absolute Gasteiger partial charge is 0.493 e. The maximum Gasteiger partial charge on any atom is 0.191 e. The second-order valence-corrected chi connectivity index (χ2v) is 8.01. The highest BCUT2D eigenvalue weighted by Crippen LogP contribution is 2.31. The van der Waals surface area contributed by atoms with Gasteiger partial charge in [-0.15, -0.1) is 24.0 Å². The average molecular weight is 536 g/mol. The fourth-order valence-corrected chi connectivity index (χ4v) is 3.93.